The van der Waals surface area contributed by atoms with Gasteiger partial charge < -0.3 is 5.32 Å². The van der Waals surface area contributed by atoms with Crippen molar-refractivity contribution in [1.82, 2.24) is 15.1 Å². The second kappa shape index (κ2) is 8.21. The zero-order chi connectivity index (χ0) is 20.4. The van der Waals surface area contributed by atoms with Crippen LogP contribution in [-0.4, -0.2) is 30.4 Å². The van der Waals surface area contributed by atoms with E-state index in [2.05, 4.69) is 24.3 Å². The number of nitrogens with one attached hydrogen (secondary N) is 1. The van der Waals surface area contributed by atoms with Crippen LogP contribution in [0.2, 0.25) is 0 Å². The number of rotatable bonds is 7. The number of hydrogen-bond acceptors (Lipinski definition) is 4. The number of carbonyl (C=O) groups excluding carboxylic acids is 1. The SMILES string of the molecule is Cc1nn(CC(C)C)c(C)c1CC(=O)NCc1cc(S(C)(=O)=O)ccc1F. The van der Waals surface area contributed by atoms with Gasteiger partial charge in [-0.3, -0.25) is 9.48 Å². The van der Waals surface area contributed by atoms with Crippen LogP contribution in [0.15, 0.2) is 23.1 Å². The quantitative estimate of drug-likeness (QED) is 0.731. The van der Waals surface area contributed by atoms with E-state index in [9.17, 15) is 17.6 Å². The zero-order valence-corrected chi connectivity index (χ0v) is 17.2. The van der Waals surface area contributed by atoms with Crippen LogP contribution in [0.5, 0.6) is 0 Å². The Morgan fingerprint density at radius 1 is 1.30 bits per heavy atom. The molecule has 1 aromatic carbocycles. The molecule has 1 aromatic heterocycles. The Hall–Kier alpha value is -2.22. The smallest absolute Gasteiger partial charge is 0.224 e. The standard InChI is InChI=1S/C19H26FN3O3S/c1-12(2)11-23-14(4)17(13(3)22-23)9-19(24)21-10-15-8-16(27(5,25)26)6-7-18(15)20/h6-8,12H,9-11H2,1-5H3,(H,21,24). The normalized spacial score (nSPS) is 11.8. The van der Waals surface area contributed by atoms with Crippen LogP contribution in [-0.2, 0) is 34.1 Å². The van der Waals surface area contributed by atoms with Gasteiger partial charge in [0.05, 0.1) is 17.0 Å². The highest BCUT2D eigenvalue weighted by molar-refractivity contribution is 7.90. The summed E-state index contributed by atoms with van der Waals surface area (Å²) in [6.45, 7) is 8.69. The highest BCUT2D eigenvalue weighted by Crippen LogP contribution is 2.17. The second-order valence-electron chi connectivity index (χ2n) is 7.20. The molecule has 0 fully saturated rings. The summed E-state index contributed by atoms with van der Waals surface area (Å²) in [7, 11) is -3.44. The summed E-state index contributed by atoms with van der Waals surface area (Å²) in [6.07, 6.45) is 1.20. The van der Waals surface area contributed by atoms with E-state index in [1.165, 1.54) is 12.1 Å². The number of halogens is 1. The monoisotopic (exact) mass is 395 g/mol. The van der Waals surface area contributed by atoms with Crippen LogP contribution in [0.25, 0.3) is 0 Å². The lowest BCUT2D eigenvalue weighted by Crippen LogP contribution is -2.25. The van der Waals surface area contributed by atoms with Crippen LogP contribution < -0.4 is 5.32 Å². The fourth-order valence-electron chi connectivity index (χ4n) is 2.85. The number of nitrogens with zero attached hydrogens (tertiary/aromatic N) is 2. The maximum absolute atomic E-state index is 13.9. The maximum Gasteiger partial charge on any atom is 0.224 e. The number of aryl methyl sites for hydroxylation is 1. The predicted octanol–water partition coefficient (Wildman–Crippen LogP) is 2.56. The molecule has 2 aromatic rings. The third kappa shape index (κ3) is 5.38. The molecule has 0 radical (unpaired) electrons. The minimum Gasteiger partial charge on any atom is -0.352 e. The summed E-state index contributed by atoms with van der Waals surface area (Å²) in [5.74, 6) is -0.385. The molecule has 0 saturated carbocycles. The average Bonchev–Trinajstić information content (AvgIpc) is 2.80. The minimum absolute atomic E-state index is 0.0230. The molecule has 0 aliphatic rings. The summed E-state index contributed by atoms with van der Waals surface area (Å²) in [4.78, 5) is 12.3. The molecule has 27 heavy (non-hydrogen) atoms. The Kier molecular flexibility index (Phi) is 6.41. The fraction of sp³-hybridized carbons (Fsp3) is 0.474. The first-order valence-electron chi connectivity index (χ1n) is 8.77. The van der Waals surface area contributed by atoms with E-state index in [1.807, 2.05) is 18.5 Å². The summed E-state index contributed by atoms with van der Waals surface area (Å²) < 4.78 is 39.0. The summed E-state index contributed by atoms with van der Waals surface area (Å²) in [6, 6.07) is 3.57. The van der Waals surface area contributed by atoms with Crippen molar-refractivity contribution in [3.8, 4) is 0 Å². The lowest BCUT2D eigenvalue weighted by molar-refractivity contribution is -0.120. The average molecular weight is 396 g/mol. The third-order valence-electron chi connectivity index (χ3n) is 4.33. The Balaban J connectivity index is 2.09. The van der Waals surface area contributed by atoms with Crippen molar-refractivity contribution in [2.45, 2.75) is 52.1 Å². The number of hydrogen-bond donors (Lipinski definition) is 1. The Labute approximate surface area is 159 Å². The van der Waals surface area contributed by atoms with Gasteiger partial charge >= 0.3 is 0 Å². The van der Waals surface area contributed by atoms with Gasteiger partial charge in [-0.15, -0.1) is 0 Å². The number of amides is 1. The topological polar surface area (TPSA) is 81.1 Å². The lowest BCUT2D eigenvalue weighted by atomic mass is 10.1. The molecule has 0 aliphatic carbocycles. The van der Waals surface area contributed by atoms with E-state index in [0.29, 0.717) is 5.92 Å². The van der Waals surface area contributed by atoms with E-state index in [1.54, 1.807) is 0 Å². The zero-order valence-electron chi connectivity index (χ0n) is 16.3. The van der Waals surface area contributed by atoms with Crippen LogP contribution in [0, 0.1) is 25.6 Å². The van der Waals surface area contributed by atoms with Crippen molar-refractivity contribution < 1.29 is 17.6 Å². The predicted molar refractivity (Wildman–Crippen MR) is 102 cm³/mol. The second-order valence-corrected chi connectivity index (χ2v) is 9.22. The molecule has 0 aliphatic heterocycles. The number of aromatic nitrogens is 2. The van der Waals surface area contributed by atoms with Gasteiger partial charge in [0, 0.05) is 36.2 Å². The number of carbonyl (C=O) groups is 1. The number of benzene rings is 1. The van der Waals surface area contributed by atoms with Gasteiger partial charge in [0.15, 0.2) is 9.84 Å². The molecule has 0 unspecified atom stereocenters. The van der Waals surface area contributed by atoms with Crippen molar-refractivity contribution in [2.75, 3.05) is 6.26 Å². The molecule has 0 bridgehead atoms. The first kappa shape index (κ1) is 21.1. The van der Waals surface area contributed by atoms with E-state index in [4.69, 9.17) is 0 Å². The molecule has 6 nitrogen and oxygen atoms in total. The van der Waals surface area contributed by atoms with Gasteiger partial charge in [0.2, 0.25) is 5.91 Å². The summed E-state index contributed by atoms with van der Waals surface area (Å²) in [5.41, 5.74) is 2.74. The molecule has 1 N–H and O–H groups in total. The first-order valence-corrected chi connectivity index (χ1v) is 10.7. The van der Waals surface area contributed by atoms with Crippen LogP contribution in [0.4, 0.5) is 4.39 Å². The van der Waals surface area contributed by atoms with Crippen molar-refractivity contribution >= 4 is 15.7 Å². The van der Waals surface area contributed by atoms with E-state index in [-0.39, 0.29) is 29.3 Å². The molecule has 148 valence electrons. The van der Waals surface area contributed by atoms with Crippen LogP contribution in [0.3, 0.4) is 0 Å². The molecule has 0 atom stereocenters. The Morgan fingerprint density at radius 3 is 2.56 bits per heavy atom. The van der Waals surface area contributed by atoms with Gasteiger partial charge in [-0.1, -0.05) is 13.8 Å². The summed E-state index contributed by atoms with van der Waals surface area (Å²) in [5, 5.41) is 7.15. The summed E-state index contributed by atoms with van der Waals surface area (Å²) >= 11 is 0. The molecule has 2 rings (SSSR count). The van der Waals surface area contributed by atoms with Crippen molar-refractivity contribution in [3.63, 3.8) is 0 Å². The molecule has 0 saturated heterocycles. The molecule has 1 heterocycles. The maximum atomic E-state index is 13.9. The third-order valence-corrected chi connectivity index (χ3v) is 5.44. The molecular formula is C19H26FN3O3S. The van der Waals surface area contributed by atoms with E-state index in [0.717, 1.165) is 35.8 Å². The largest absolute Gasteiger partial charge is 0.352 e. The van der Waals surface area contributed by atoms with E-state index >= 15 is 0 Å². The van der Waals surface area contributed by atoms with E-state index < -0.39 is 15.7 Å². The first-order chi connectivity index (χ1) is 12.5. The lowest BCUT2D eigenvalue weighted by Gasteiger charge is -2.09. The highest BCUT2D eigenvalue weighted by atomic mass is 32.2. The Morgan fingerprint density at radius 2 is 1.96 bits per heavy atom. The number of sulfone groups is 1. The van der Waals surface area contributed by atoms with Gasteiger partial charge in [0.1, 0.15) is 5.82 Å². The van der Waals surface area contributed by atoms with Gasteiger partial charge in [-0.2, -0.15) is 5.10 Å². The Bertz CT molecular complexity index is 949. The van der Waals surface area contributed by atoms with Crippen LogP contribution >= 0.6 is 0 Å². The fourth-order valence-corrected chi connectivity index (χ4v) is 3.52. The van der Waals surface area contributed by atoms with Gasteiger partial charge in [-0.25, -0.2) is 12.8 Å². The molecule has 8 heteroatoms. The highest BCUT2D eigenvalue weighted by Gasteiger charge is 2.16. The van der Waals surface area contributed by atoms with Crippen molar-refractivity contribution in [1.29, 1.82) is 0 Å². The van der Waals surface area contributed by atoms with Crippen molar-refractivity contribution in [2.24, 2.45) is 5.92 Å². The van der Waals surface area contributed by atoms with Gasteiger partial charge in [-0.05, 0) is 38.0 Å². The van der Waals surface area contributed by atoms with Crippen molar-refractivity contribution in [3.05, 3.63) is 46.5 Å². The molecule has 0 spiro atoms. The van der Waals surface area contributed by atoms with Gasteiger partial charge in [0.25, 0.3) is 0 Å². The van der Waals surface area contributed by atoms with Crippen LogP contribution in [0.1, 0.15) is 36.4 Å². The minimum atomic E-state index is -3.44. The molecular weight excluding hydrogens is 369 g/mol. The molecule has 1 amide bonds.